The number of rotatable bonds is 8. The van der Waals surface area contributed by atoms with Gasteiger partial charge in [0, 0.05) is 50.8 Å². The maximum absolute atomic E-state index is 12.4. The van der Waals surface area contributed by atoms with Gasteiger partial charge in [0.25, 0.3) is 0 Å². The predicted molar refractivity (Wildman–Crippen MR) is 198 cm³/mol. The van der Waals surface area contributed by atoms with Gasteiger partial charge in [0.15, 0.2) is 5.78 Å². The molecule has 0 aliphatic carbocycles. The number of carbonyl (C=O) groups excluding carboxylic acids is 1. The lowest BCUT2D eigenvalue weighted by atomic mass is 9.97. The van der Waals surface area contributed by atoms with Crippen molar-refractivity contribution in [2.75, 3.05) is 13.2 Å². The van der Waals surface area contributed by atoms with E-state index in [0.29, 0.717) is 24.3 Å². The molecule has 7 rings (SSSR count). The molecule has 1 aliphatic rings. The predicted octanol–water partition coefficient (Wildman–Crippen LogP) is 11.7. The fourth-order valence-corrected chi connectivity index (χ4v) is 7.22. The van der Waals surface area contributed by atoms with Crippen LogP contribution in [0.2, 0.25) is 0 Å². The van der Waals surface area contributed by atoms with E-state index in [9.17, 15) is 4.79 Å². The summed E-state index contributed by atoms with van der Waals surface area (Å²) in [5.74, 6) is -0.764. The first kappa shape index (κ1) is 33.5. The molecule has 1 fully saturated rings. The fourth-order valence-electron chi connectivity index (χ4n) is 5.02. The number of halogens is 2. The molecule has 3 nitrogen and oxygen atoms in total. The van der Waals surface area contributed by atoms with E-state index in [0.717, 1.165) is 25.0 Å². The van der Waals surface area contributed by atoms with Crippen molar-refractivity contribution >= 4 is 61.2 Å². The van der Waals surface area contributed by atoms with Crippen molar-refractivity contribution in [1.82, 2.24) is 0 Å². The number of hydrogen-bond acceptors (Lipinski definition) is 5. The molecule has 0 radical (unpaired) electrons. The molecule has 1 aliphatic heterocycles. The lowest BCUT2D eigenvalue weighted by Crippen LogP contribution is -2.28. The Kier molecular flexibility index (Phi) is 11.5. The van der Waals surface area contributed by atoms with Crippen LogP contribution in [0.15, 0.2) is 186 Å². The second kappa shape index (κ2) is 16.1. The minimum absolute atomic E-state index is 0.0451. The van der Waals surface area contributed by atoms with E-state index >= 15 is 0 Å². The van der Waals surface area contributed by atoms with E-state index in [1.807, 2.05) is 97.1 Å². The highest BCUT2D eigenvalue weighted by molar-refractivity contribution is 9.10. The molecule has 6 aromatic rings. The van der Waals surface area contributed by atoms with Gasteiger partial charge in [-0.05, 0) is 97.1 Å². The lowest BCUT2D eigenvalue weighted by Gasteiger charge is -2.28. The third-order valence-corrected chi connectivity index (χ3v) is 10.4. The molecule has 0 bridgehead atoms. The van der Waals surface area contributed by atoms with Crippen LogP contribution in [-0.4, -0.2) is 19.0 Å². The van der Waals surface area contributed by atoms with Gasteiger partial charge in [-0.2, -0.15) is 0 Å². The third-order valence-electron chi connectivity index (χ3n) is 7.33. The molecule has 0 amide bonds. The van der Waals surface area contributed by atoms with Crippen molar-refractivity contribution in [1.29, 1.82) is 0 Å². The van der Waals surface area contributed by atoms with E-state index in [1.54, 1.807) is 23.5 Å². The molecule has 0 N–H and O–H groups in total. The zero-order valence-electron chi connectivity index (χ0n) is 25.2. The molecule has 0 unspecified atom stereocenters. The van der Waals surface area contributed by atoms with Gasteiger partial charge in [0.1, 0.15) is 0 Å². The van der Waals surface area contributed by atoms with Crippen molar-refractivity contribution in [3.63, 3.8) is 0 Å². The molecule has 0 spiro atoms. The van der Waals surface area contributed by atoms with Crippen molar-refractivity contribution in [2.45, 2.75) is 25.4 Å². The van der Waals surface area contributed by atoms with Gasteiger partial charge in [-0.1, -0.05) is 116 Å². The van der Waals surface area contributed by atoms with Gasteiger partial charge >= 0.3 is 0 Å². The van der Waals surface area contributed by atoms with Crippen LogP contribution < -0.4 is 0 Å². The zero-order valence-corrected chi connectivity index (χ0v) is 30.0. The Morgan fingerprint density at radius 2 is 0.809 bits per heavy atom. The highest BCUT2D eigenvalue weighted by Gasteiger charge is 2.40. The molecule has 6 aromatic carbocycles. The van der Waals surface area contributed by atoms with Crippen LogP contribution in [0.5, 0.6) is 0 Å². The molecule has 47 heavy (non-hydrogen) atoms. The minimum atomic E-state index is -0.809. The molecule has 0 atom stereocenters. The summed E-state index contributed by atoms with van der Waals surface area (Å²) in [7, 11) is 0. The first-order valence-electron chi connectivity index (χ1n) is 15.0. The maximum atomic E-state index is 12.4. The summed E-state index contributed by atoms with van der Waals surface area (Å²) in [6, 6.07) is 52.3. The molecular weight excluding hydrogens is 752 g/mol. The Morgan fingerprint density at radius 3 is 1.26 bits per heavy atom. The van der Waals surface area contributed by atoms with Crippen LogP contribution in [-0.2, 0) is 15.3 Å². The first-order valence-corrected chi connectivity index (χ1v) is 18.2. The average molecular weight is 783 g/mol. The summed E-state index contributed by atoms with van der Waals surface area (Å²) in [5, 5.41) is 0. The SMILES string of the molecule is Brc1ccc(C2(c3ccc(Sc4ccccc4)cc3)OCCO2)cc1.O=C(c1ccc(Br)cc1)c1ccc(Sc2ccccc2)cc1. The summed E-state index contributed by atoms with van der Waals surface area (Å²) in [6.07, 6.45) is 0. The topological polar surface area (TPSA) is 35.5 Å². The van der Waals surface area contributed by atoms with Crippen molar-refractivity contribution in [3.05, 3.63) is 189 Å². The van der Waals surface area contributed by atoms with Crippen molar-refractivity contribution in [2.24, 2.45) is 0 Å². The Labute approximate surface area is 301 Å². The maximum Gasteiger partial charge on any atom is 0.222 e. The number of ketones is 1. The second-order valence-electron chi connectivity index (χ2n) is 10.5. The quantitative estimate of drug-likeness (QED) is 0.144. The zero-order chi connectivity index (χ0) is 32.5. The Morgan fingerprint density at radius 1 is 0.468 bits per heavy atom. The summed E-state index contributed by atoms with van der Waals surface area (Å²) in [5.41, 5.74) is 3.44. The Balaban J connectivity index is 0.000000166. The smallest absolute Gasteiger partial charge is 0.222 e. The lowest BCUT2D eigenvalue weighted by molar-refractivity contribution is -0.129. The summed E-state index contributed by atoms with van der Waals surface area (Å²) in [6.45, 7) is 1.19. The van der Waals surface area contributed by atoms with E-state index in [-0.39, 0.29) is 5.78 Å². The van der Waals surface area contributed by atoms with Gasteiger partial charge in [-0.25, -0.2) is 0 Å². The summed E-state index contributed by atoms with van der Waals surface area (Å²) < 4.78 is 14.1. The summed E-state index contributed by atoms with van der Waals surface area (Å²) >= 11 is 10.3. The fraction of sp³-hybridized carbons (Fsp3) is 0.0750. The first-order chi connectivity index (χ1) is 23.0. The van der Waals surface area contributed by atoms with Crippen LogP contribution in [0.25, 0.3) is 0 Å². The molecular formula is C40H30Br2O3S2. The van der Waals surface area contributed by atoms with Crippen LogP contribution in [0.4, 0.5) is 0 Å². The molecule has 234 valence electrons. The van der Waals surface area contributed by atoms with Crippen LogP contribution in [0.1, 0.15) is 27.0 Å². The van der Waals surface area contributed by atoms with Crippen LogP contribution in [0, 0.1) is 0 Å². The summed E-state index contributed by atoms with van der Waals surface area (Å²) in [4.78, 5) is 17.1. The van der Waals surface area contributed by atoms with E-state index in [2.05, 4.69) is 92.5 Å². The highest BCUT2D eigenvalue weighted by atomic mass is 79.9. The third kappa shape index (κ3) is 8.73. The number of carbonyl (C=O) groups is 1. The molecule has 0 aromatic heterocycles. The highest BCUT2D eigenvalue weighted by Crippen LogP contribution is 2.40. The van der Waals surface area contributed by atoms with E-state index in [1.165, 1.54) is 14.7 Å². The molecule has 1 heterocycles. The van der Waals surface area contributed by atoms with Gasteiger partial charge in [-0.3, -0.25) is 4.79 Å². The van der Waals surface area contributed by atoms with Gasteiger partial charge < -0.3 is 9.47 Å². The second-order valence-corrected chi connectivity index (χ2v) is 14.7. The Bertz CT molecular complexity index is 1880. The van der Waals surface area contributed by atoms with E-state index in [4.69, 9.17) is 9.47 Å². The largest absolute Gasteiger partial charge is 0.340 e. The number of ether oxygens (including phenoxy) is 2. The minimum Gasteiger partial charge on any atom is -0.340 e. The van der Waals surface area contributed by atoms with Gasteiger partial charge in [0.2, 0.25) is 5.79 Å². The Hall–Kier alpha value is -3.43. The van der Waals surface area contributed by atoms with Crippen molar-refractivity contribution < 1.29 is 14.3 Å². The monoisotopic (exact) mass is 780 g/mol. The molecule has 7 heteroatoms. The normalized spacial score (nSPS) is 13.4. The van der Waals surface area contributed by atoms with Crippen LogP contribution in [0.3, 0.4) is 0 Å². The van der Waals surface area contributed by atoms with Gasteiger partial charge in [-0.15, -0.1) is 0 Å². The molecule has 0 saturated carbocycles. The number of benzene rings is 6. The molecule has 1 saturated heterocycles. The average Bonchev–Trinajstić information content (AvgIpc) is 3.62. The number of hydrogen-bond donors (Lipinski definition) is 0. The van der Waals surface area contributed by atoms with Crippen molar-refractivity contribution in [3.8, 4) is 0 Å². The van der Waals surface area contributed by atoms with Gasteiger partial charge in [0.05, 0.1) is 13.2 Å². The van der Waals surface area contributed by atoms with Crippen LogP contribution >= 0.6 is 55.4 Å². The van der Waals surface area contributed by atoms with E-state index < -0.39 is 5.79 Å². The standard InChI is InChI=1S/C21H17BrO2S.C19H13BrOS/c22-18-10-6-16(7-11-18)21(23-14-15-24-21)17-8-12-20(13-9-17)25-19-4-2-1-3-5-19;20-16-10-6-14(7-11-16)19(21)15-8-12-18(13-9-15)22-17-4-2-1-3-5-17/h1-13H,14-15H2;1-13H.